The molecular formula is C10H16BrN3O2. The van der Waals surface area contributed by atoms with Crippen LogP contribution in [0.3, 0.4) is 0 Å². The molecule has 1 rings (SSSR count). The first-order valence-corrected chi connectivity index (χ1v) is 5.84. The predicted octanol–water partition coefficient (Wildman–Crippen LogP) is 1.19. The molecule has 0 amide bonds. The zero-order valence-electron chi connectivity index (χ0n) is 9.61. The van der Waals surface area contributed by atoms with Gasteiger partial charge in [0, 0.05) is 12.2 Å². The maximum absolute atomic E-state index is 11.2. The van der Waals surface area contributed by atoms with Gasteiger partial charge in [-0.05, 0) is 29.8 Å². The molecule has 0 aliphatic heterocycles. The van der Waals surface area contributed by atoms with Gasteiger partial charge in [-0.2, -0.15) is 5.10 Å². The summed E-state index contributed by atoms with van der Waals surface area (Å²) in [6.07, 6.45) is 3.62. The Kier molecular flexibility index (Phi) is 4.95. The molecule has 0 spiro atoms. The smallest absolute Gasteiger partial charge is 0.322 e. The Hall–Kier alpha value is -0.880. The third-order valence-corrected chi connectivity index (χ3v) is 2.56. The van der Waals surface area contributed by atoms with Crippen molar-refractivity contribution in [3.8, 4) is 0 Å². The first-order chi connectivity index (χ1) is 7.52. The fourth-order valence-corrected chi connectivity index (χ4v) is 1.77. The maximum atomic E-state index is 11.2. The van der Waals surface area contributed by atoms with Crippen LogP contribution in [0.15, 0.2) is 16.9 Å². The number of nitrogens with one attached hydrogen (secondary N) is 1. The molecule has 1 N–H and O–H groups in total. The summed E-state index contributed by atoms with van der Waals surface area (Å²) in [6.45, 7) is 4.48. The van der Waals surface area contributed by atoms with Crippen molar-refractivity contribution in [2.24, 2.45) is 0 Å². The molecule has 0 fully saturated rings. The second-order valence-corrected chi connectivity index (χ2v) is 4.61. The average Bonchev–Trinajstić information content (AvgIpc) is 2.62. The number of halogens is 1. The van der Waals surface area contributed by atoms with Gasteiger partial charge in [0.1, 0.15) is 6.04 Å². The lowest BCUT2D eigenvalue weighted by molar-refractivity contribution is -0.142. The van der Waals surface area contributed by atoms with Crippen molar-refractivity contribution in [3.05, 3.63) is 16.9 Å². The molecule has 1 heterocycles. The highest BCUT2D eigenvalue weighted by molar-refractivity contribution is 9.10. The third-order valence-electron chi connectivity index (χ3n) is 2.15. The van der Waals surface area contributed by atoms with Gasteiger partial charge in [0.05, 0.1) is 24.3 Å². The molecular weight excluding hydrogens is 274 g/mol. The summed E-state index contributed by atoms with van der Waals surface area (Å²) < 4.78 is 7.39. The van der Waals surface area contributed by atoms with E-state index in [1.807, 2.05) is 17.8 Å². The summed E-state index contributed by atoms with van der Waals surface area (Å²) >= 11 is 3.33. The van der Waals surface area contributed by atoms with Crippen LogP contribution < -0.4 is 5.32 Å². The maximum Gasteiger partial charge on any atom is 0.322 e. The predicted molar refractivity (Wildman–Crippen MR) is 64.0 cm³/mol. The van der Waals surface area contributed by atoms with Gasteiger partial charge in [-0.3, -0.25) is 9.48 Å². The van der Waals surface area contributed by atoms with Crippen LogP contribution in [0.25, 0.3) is 0 Å². The summed E-state index contributed by atoms with van der Waals surface area (Å²) in [5.74, 6) is -0.256. The fourth-order valence-electron chi connectivity index (χ4n) is 1.44. The molecule has 0 unspecified atom stereocenters. The van der Waals surface area contributed by atoms with Gasteiger partial charge < -0.3 is 10.1 Å². The first-order valence-electron chi connectivity index (χ1n) is 5.04. The molecule has 5 nitrogen and oxygen atoms in total. The molecule has 2 atom stereocenters. The van der Waals surface area contributed by atoms with Crippen LogP contribution in [0.4, 0.5) is 0 Å². The minimum absolute atomic E-state index is 0.140. The molecule has 0 saturated carbocycles. The number of ether oxygens (including phenoxy) is 1. The van der Waals surface area contributed by atoms with Gasteiger partial charge >= 0.3 is 5.97 Å². The highest BCUT2D eigenvalue weighted by atomic mass is 79.9. The summed E-state index contributed by atoms with van der Waals surface area (Å²) in [7, 11) is 1.38. The molecule has 0 saturated heterocycles. The van der Waals surface area contributed by atoms with Crippen LogP contribution in [0.2, 0.25) is 0 Å². The van der Waals surface area contributed by atoms with Crippen LogP contribution in [-0.4, -0.2) is 34.9 Å². The minimum Gasteiger partial charge on any atom is -0.468 e. The van der Waals surface area contributed by atoms with Crippen LogP contribution in [0.1, 0.15) is 13.8 Å². The van der Waals surface area contributed by atoms with Crippen LogP contribution in [-0.2, 0) is 16.1 Å². The van der Waals surface area contributed by atoms with Crippen LogP contribution in [0.5, 0.6) is 0 Å². The Balaban J connectivity index is 2.41. The highest BCUT2D eigenvalue weighted by Crippen LogP contribution is 2.06. The Morgan fingerprint density at radius 3 is 2.88 bits per heavy atom. The normalized spacial score (nSPS) is 14.5. The largest absolute Gasteiger partial charge is 0.468 e. The number of hydrogen-bond acceptors (Lipinski definition) is 4. The number of aromatic nitrogens is 2. The van der Waals surface area contributed by atoms with E-state index in [2.05, 4.69) is 31.1 Å². The Morgan fingerprint density at radius 2 is 2.38 bits per heavy atom. The van der Waals surface area contributed by atoms with E-state index in [4.69, 9.17) is 0 Å². The molecule has 0 aliphatic rings. The van der Waals surface area contributed by atoms with E-state index in [-0.39, 0.29) is 18.1 Å². The number of carbonyl (C=O) groups excluding carboxylic acids is 1. The third kappa shape index (κ3) is 3.94. The van der Waals surface area contributed by atoms with Crippen molar-refractivity contribution in [1.82, 2.24) is 15.1 Å². The molecule has 0 radical (unpaired) electrons. The van der Waals surface area contributed by atoms with Gasteiger partial charge in [-0.1, -0.05) is 0 Å². The second kappa shape index (κ2) is 6.00. The van der Waals surface area contributed by atoms with E-state index in [1.165, 1.54) is 7.11 Å². The van der Waals surface area contributed by atoms with Crippen molar-refractivity contribution in [3.63, 3.8) is 0 Å². The summed E-state index contributed by atoms with van der Waals surface area (Å²) in [6, 6.07) is -0.167. The van der Waals surface area contributed by atoms with E-state index < -0.39 is 0 Å². The zero-order chi connectivity index (χ0) is 12.1. The van der Waals surface area contributed by atoms with E-state index in [0.717, 1.165) is 4.47 Å². The second-order valence-electron chi connectivity index (χ2n) is 3.69. The Labute approximate surface area is 103 Å². The van der Waals surface area contributed by atoms with E-state index in [9.17, 15) is 4.79 Å². The van der Waals surface area contributed by atoms with Crippen molar-refractivity contribution in [2.75, 3.05) is 7.11 Å². The van der Waals surface area contributed by atoms with Crippen molar-refractivity contribution in [2.45, 2.75) is 32.5 Å². The first kappa shape index (κ1) is 13.2. The van der Waals surface area contributed by atoms with Gasteiger partial charge in [-0.25, -0.2) is 0 Å². The van der Waals surface area contributed by atoms with Crippen LogP contribution >= 0.6 is 15.9 Å². The number of hydrogen-bond donors (Lipinski definition) is 1. The van der Waals surface area contributed by atoms with Gasteiger partial charge in [-0.15, -0.1) is 0 Å². The number of methoxy groups -OCH3 is 1. The number of nitrogens with zero attached hydrogens (tertiary/aromatic N) is 2. The average molecular weight is 290 g/mol. The zero-order valence-corrected chi connectivity index (χ0v) is 11.2. The van der Waals surface area contributed by atoms with Gasteiger partial charge in [0.2, 0.25) is 0 Å². The number of esters is 1. The van der Waals surface area contributed by atoms with Gasteiger partial charge in [0.25, 0.3) is 0 Å². The molecule has 0 bridgehead atoms. The monoisotopic (exact) mass is 289 g/mol. The topological polar surface area (TPSA) is 56.1 Å². The summed E-state index contributed by atoms with van der Waals surface area (Å²) in [5.41, 5.74) is 0. The molecule has 0 aromatic carbocycles. The van der Waals surface area contributed by atoms with E-state index in [1.54, 1.807) is 13.1 Å². The molecule has 6 heteroatoms. The Bertz CT molecular complexity index is 354. The molecule has 0 aliphatic carbocycles. The lowest BCUT2D eigenvalue weighted by Gasteiger charge is -2.18. The number of carbonyl (C=O) groups is 1. The van der Waals surface area contributed by atoms with E-state index >= 15 is 0 Å². The van der Waals surface area contributed by atoms with Crippen LogP contribution in [0, 0.1) is 0 Å². The fraction of sp³-hybridized carbons (Fsp3) is 0.600. The molecule has 1 aromatic heterocycles. The lowest BCUT2D eigenvalue weighted by Crippen LogP contribution is -2.42. The lowest BCUT2D eigenvalue weighted by atomic mass is 10.2. The molecule has 1 aromatic rings. The van der Waals surface area contributed by atoms with Gasteiger partial charge in [0.15, 0.2) is 0 Å². The number of rotatable bonds is 5. The standard InChI is InChI=1S/C10H16BrN3O2/c1-7(13-8(2)10(15)16-3)5-14-6-9(11)4-12-14/h4,6-8,13H,5H2,1-3H3/t7-,8-/m0/s1. The van der Waals surface area contributed by atoms with E-state index in [0.29, 0.717) is 6.54 Å². The summed E-state index contributed by atoms with van der Waals surface area (Å²) in [5, 5.41) is 7.28. The highest BCUT2D eigenvalue weighted by Gasteiger charge is 2.15. The minimum atomic E-state index is -0.306. The molecule has 90 valence electrons. The summed E-state index contributed by atoms with van der Waals surface area (Å²) in [4.78, 5) is 11.2. The molecule has 16 heavy (non-hydrogen) atoms. The van der Waals surface area contributed by atoms with Crippen molar-refractivity contribution < 1.29 is 9.53 Å². The Morgan fingerprint density at radius 1 is 1.69 bits per heavy atom. The van der Waals surface area contributed by atoms with Crippen molar-refractivity contribution in [1.29, 1.82) is 0 Å². The quantitative estimate of drug-likeness (QED) is 0.828. The van der Waals surface area contributed by atoms with Crippen molar-refractivity contribution >= 4 is 21.9 Å². The SMILES string of the molecule is COC(=O)[C@H](C)N[C@@H](C)Cn1cc(Br)cn1.